The van der Waals surface area contributed by atoms with Crippen molar-refractivity contribution in [1.29, 1.82) is 0 Å². The largest absolute Gasteiger partial charge is 0.497 e. The Hall–Kier alpha value is -2.21. The third kappa shape index (κ3) is 3.33. The lowest BCUT2D eigenvalue weighted by Crippen LogP contribution is -2.11. The SMILES string of the molecule is COc1ccc(OC)c(S(=O)(=O)Oc2ccc(C)c(C)c2)c1. The van der Waals surface area contributed by atoms with Crippen LogP contribution in [0, 0.1) is 13.8 Å². The van der Waals surface area contributed by atoms with Gasteiger partial charge >= 0.3 is 10.1 Å². The fraction of sp³-hybridized carbons (Fsp3) is 0.250. The molecule has 2 aromatic rings. The summed E-state index contributed by atoms with van der Waals surface area (Å²) in [4.78, 5) is -0.0763. The number of methoxy groups -OCH3 is 2. The number of rotatable bonds is 5. The molecule has 0 aliphatic heterocycles. The van der Waals surface area contributed by atoms with Crippen LogP contribution in [0.25, 0.3) is 0 Å². The number of hydrogen-bond donors (Lipinski definition) is 0. The lowest BCUT2D eigenvalue weighted by molar-refractivity contribution is 0.388. The molecule has 2 rings (SSSR count). The van der Waals surface area contributed by atoms with Crippen molar-refractivity contribution in [1.82, 2.24) is 0 Å². The minimum atomic E-state index is -4.02. The third-order valence-corrected chi connectivity index (χ3v) is 4.59. The average molecular weight is 322 g/mol. The van der Waals surface area contributed by atoms with E-state index in [1.807, 2.05) is 19.9 Å². The van der Waals surface area contributed by atoms with E-state index in [1.165, 1.54) is 26.4 Å². The molecular formula is C16H18O5S. The van der Waals surface area contributed by atoms with Gasteiger partial charge < -0.3 is 13.7 Å². The van der Waals surface area contributed by atoms with Crippen molar-refractivity contribution in [3.8, 4) is 17.2 Å². The molecule has 0 atom stereocenters. The number of aryl methyl sites for hydroxylation is 2. The molecule has 118 valence electrons. The van der Waals surface area contributed by atoms with Crippen LogP contribution < -0.4 is 13.7 Å². The van der Waals surface area contributed by atoms with Gasteiger partial charge in [-0.25, -0.2) is 0 Å². The first-order valence-corrected chi connectivity index (χ1v) is 8.02. The Labute approximate surface area is 130 Å². The maximum atomic E-state index is 12.5. The molecule has 0 saturated heterocycles. The Bertz CT molecular complexity index is 781. The van der Waals surface area contributed by atoms with Crippen molar-refractivity contribution in [2.45, 2.75) is 18.7 Å². The summed E-state index contributed by atoms with van der Waals surface area (Å²) < 4.78 is 40.3. The van der Waals surface area contributed by atoms with Gasteiger partial charge in [-0.05, 0) is 49.2 Å². The van der Waals surface area contributed by atoms with Crippen LogP contribution in [0.5, 0.6) is 17.2 Å². The first-order valence-electron chi connectivity index (χ1n) is 6.61. The number of hydrogen-bond acceptors (Lipinski definition) is 5. The summed E-state index contributed by atoms with van der Waals surface area (Å²) in [5.74, 6) is 0.862. The van der Waals surface area contributed by atoms with E-state index in [4.69, 9.17) is 13.7 Å². The van der Waals surface area contributed by atoms with Gasteiger partial charge in [0, 0.05) is 6.07 Å². The molecule has 0 aliphatic carbocycles. The molecule has 0 radical (unpaired) electrons. The van der Waals surface area contributed by atoms with Crippen LogP contribution in [-0.2, 0) is 10.1 Å². The van der Waals surface area contributed by atoms with E-state index in [2.05, 4.69) is 0 Å². The summed E-state index contributed by atoms with van der Waals surface area (Å²) in [7, 11) is -1.16. The second-order valence-corrected chi connectivity index (χ2v) is 6.32. The predicted octanol–water partition coefficient (Wildman–Crippen LogP) is 3.09. The van der Waals surface area contributed by atoms with Gasteiger partial charge in [0.1, 0.15) is 17.2 Å². The zero-order valence-corrected chi connectivity index (χ0v) is 13.7. The highest BCUT2D eigenvalue weighted by atomic mass is 32.2. The zero-order valence-electron chi connectivity index (χ0n) is 12.9. The molecule has 0 bridgehead atoms. The maximum absolute atomic E-state index is 12.5. The minimum Gasteiger partial charge on any atom is -0.497 e. The summed E-state index contributed by atoms with van der Waals surface area (Å²) >= 11 is 0. The highest BCUT2D eigenvalue weighted by Crippen LogP contribution is 2.30. The fourth-order valence-electron chi connectivity index (χ4n) is 1.92. The van der Waals surface area contributed by atoms with Gasteiger partial charge in [0.15, 0.2) is 4.90 Å². The van der Waals surface area contributed by atoms with E-state index in [0.717, 1.165) is 11.1 Å². The van der Waals surface area contributed by atoms with Gasteiger partial charge in [0.2, 0.25) is 0 Å². The molecule has 0 saturated carbocycles. The second-order valence-electron chi connectivity index (χ2n) is 4.80. The summed E-state index contributed by atoms with van der Waals surface area (Å²) in [6, 6.07) is 9.62. The summed E-state index contributed by atoms with van der Waals surface area (Å²) in [5, 5.41) is 0. The van der Waals surface area contributed by atoms with Crippen LogP contribution in [0.2, 0.25) is 0 Å². The van der Waals surface area contributed by atoms with E-state index < -0.39 is 10.1 Å². The molecule has 0 aliphatic rings. The molecule has 6 heteroatoms. The van der Waals surface area contributed by atoms with Crippen molar-refractivity contribution in [3.63, 3.8) is 0 Å². The molecule has 22 heavy (non-hydrogen) atoms. The van der Waals surface area contributed by atoms with Crippen molar-refractivity contribution in [2.75, 3.05) is 14.2 Å². The molecule has 0 fully saturated rings. The van der Waals surface area contributed by atoms with E-state index in [0.29, 0.717) is 5.75 Å². The monoisotopic (exact) mass is 322 g/mol. The van der Waals surface area contributed by atoms with E-state index >= 15 is 0 Å². The summed E-state index contributed by atoms with van der Waals surface area (Å²) in [5.41, 5.74) is 2.01. The van der Waals surface area contributed by atoms with Crippen LogP contribution >= 0.6 is 0 Å². The molecule has 0 aromatic heterocycles. The Morgan fingerprint density at radius 1 is 0.818 bits per heavy atom. The van der Waals surface area contributed by atoms with Gasteiger partial charge in [0.25, 0.3) is 0 Å². The average Bonchev–Trinajstić information content (AvgIpc) is 2.50. The Kier molecular flexibility index (Phi) is 4.61. The Morgan fingerprint density at radius 2 is 1.50 bits per heavy atom. The molecule has 5 nitrogen and oxygen atoms in total. The van der Waals surface area contributed by atoms with Crippen molar-refractivity contribution in [3.05, 3.63) is 47.5 Å². The van der Waals surface area contributed by atoms with Gasteiger partial charge in [-0.3, -0.25) is 0 Å². The van der Waals surface area contributed by atoms with Crippen molar-refractivity contribution in [2.24, 2.45) is 0 Å². The smallest absolute Gasteiger partial charge is 0.343 e. The van der Waals surface area contributed by atoms with E-state index in [9.17, 15) is 8.42 Å². The quantitative estimate of drug-likeness (QED) is 0.792. The van der Waals surface area contributed by atoms with Crippen LogP contribution in [0.15, 0.2) is 41.3 Å². The molecule has 0 heterocycles. The fourth-order valence-corrected chi connectivity index (χ4v) is 3.02. The Morgan fingerprint density at radius 3 is 2.09 bits per heavy atom. The first-order chi connectivity index (χ1) is 10.4. The van der Waals surface area contributed by atoms with Gasteiger partial charge in [-0.1, -0.05) is 6.07 Å². The summed E-state index contributed by atoms with van der Waals surface area (Å²) in [6.07, 6.45) is 0. The maximum Gasteiger partial charge on any atom is 0.343 e. The van der Waals surface area contributed by atoms with Gasteiger partial charge in [-0.2, -0.15) is 8.42 Å². The molecule has 0 amide bonds. The van der Waals surface area contributed by atoms with Gasteiger partial charge in [0.05, 0.1) is 14.2 Å². The van der Waals surface area contributed by atoms with Crippen LogP contribution in [0.3, 0.4) is 0 Å². The summed E-state index contributed by atoms with van der Waals surface area (Å²) in [6.45, 7) is 3.83. The van der Waals surface area contributed by atoms with Crippen LogP contribution in [0.1, 0.15) is 11.1 Å². The second kappa shape index (κ2) is 6.27. The van der Waals surface area contributed by atoms with E-state index in [1.54, 1.807) is 18.2 Å². The van der Waals surface area contributed by atoms with E-state index in [-0.39, 0.29) is 16.4 Å². The number of ether oxygens (including phenoxy) is 2. The lowest BCUT2D eigenvalue weighted by Gasteiger charge is -2.12. The molecular weight excluding hydrogens is 304 g/mol. The topological polar surface area (TPSA) is 61.8 Å². The normalized spacial score (nSPS) is 11.1. The predicted molar refractivity (Wildman–Crippen MR) is 83.3 cm³/mol. The molecule has 0 unspecified atom stereocenters. The van der Waals surface area contributed by atoms with Crippen molar-refractivity contribution < 1.29 is 22.1 Å². The van der Waals surface area contributed by atoms with Gasteiger partial charge in [-0.15, -0.1) is 0 Å². The Balaban J connectivity index is 2.43. The molecule has 0 N–H and O–H groups in total. The number of benzene rings is 2. The zero-order chi connectivity index (χ0) is 16.3. The van der Waals surface area contributed by atoms with Crippen LogP contribution in [-0.4, -0.2) is 22.6 Å². The third-order valence-electron chi connectivity index (χ3n) is 3.32. The van der Waals surface area contributed by atoms with Crippen molar-refractivity contribution >= 4 is 10.1 Å². The standard InChI is InChI=1S/C16H18O5S/c1-11-5-6-14(9-12(11)2)21-22(17,18)16-10-13(19-3)7-8-15(16)20-4/h5-10H,1-4H3. The molecule has 0 spiro atoms. The lowest BCUT2D eigenvalue weighted by atomic mass is 10.1. The highest BCUT2D eigenvalue weighted by molar-refractivity contribution is 7.87. The molecule has 2 aromatic carbocycles. The highest BCUT2D eigenvalue weighted by Gasteiger charge is 2.23. The minimum absolute atomic E-state index is 0.0763. The van der Waals surface area contributed by atoms with Crippen LogP contribution in [0.4, 0.5) is 0 Å². The first kappa shape index (κ1) is 16.2.